The van der Waals surface area contributed by atoms with E-state index in [1.54, 1.807) is 6.20 Å². The average Bonchev–Trinajstić information content (AvgIpc) is 2.08. The predicted octanol–water partition coefficient (Wildman–Crippen LogP) is 0.427. The average molecular weight is 181 g/mol. The van der Waals surface area contributed by atoms with Gasteiger partial charge in [0.05, 0.1) is 6.54 Å². The van der Waals surface area contributed by atoms with Gasteiger partial charge in [0.15, 0.2) is 0 Å². The highest BCUT2D eigenvalue weighted by Gasteiger charge is 2.03. The summed E-state index contributed by atoms with van der Waals surface area (Å²) in [6.07, 6.45) is 2.37. The highest BCUT2D eigenvalue weighted by atomic mass is 16.1. The number of nitrogens with one attached hydrogen (secondary N) is 1. The monoisotopic (exact) mass is 181 g/mol. The van der Waals surface area contributed by atoms with E-state index >= 15 is 0 Å². The molecular formula is C9H15N3O. The van der Waals surface area contributed by atoms with Gasteiger partial charge in [0.1, 0.15) is 5.82 Å². The van der Waals surface area contributed by atoms with Gasteiger partial charge in [0.25, 0.3) is 5.56 Å². The number of hydrogen-bond acceptors (Lipinski definition) is 3. The van der Waals surface area contributed by atoms with E-state index in [4.69, 9.17) is 5.73 Å². The highest BCUT2D eigenvalue weighted by molar-refractivity contribution is 5.06. The molecule has 1 heterocycles. The van der Waals surface area contributed by atoms with E-state index < -0.39 is 0 Å². The van der Waals surface area contributed by atoms with Gasteiger partial charge in [-0.3, -0.25) is 4.79 Å². The first-order valence-corrected chi connectivity index (χ1v) is 4.40. The third-order valence-corrected chi connectivity index (χ3v) is 1.75. The Bertz CT molecular complexity index is 330. The summed E-state index contributed by atoms with van der Waals surface area (Å²) in [7, 11) is 0. The Balaban J connectivity index is 2.92. The Hall–Kier alpha value is -1.16. The number of hydrogen-bond donors (Lipinski definition) is 2. The molecule has 0 atom stereocenters. The molecular weight excluding hydrogens is 166 g/mol. The van der Waals surface area contributed by atoms with Crippen molar-refractivity contribution in [1.82, 2.24) is 9.97 Å². The summed E-state index contributed by atoms with van der Waals surface area (Å²) >= 11 is 0. The SMILES string of the molecule is CC(C)Cc1cnc(CN)[nH]c1=O. The minimum Gasteiger partial charge on any atom is -0.324 e. The van der Waals surface area contributed by atoms with Crippen LogP contribution in [-0.2, 0) is 13.0 Å². The normalized spacial score (nSPS) is 10.8. The Morgan fingerprint density at radius 2 is 2.31 bits per heavy atom. The second-order valence-electron chi connectivity index (χ2n) is 3.49. The van der Waals surface area contributed by atoms with Crippen LogP contribution in [-0.4, -0.2) is 9.97 Å². The summed E-state index contributed by atoms with van der Waals surface area (Å²) in [5.41, 5.74) is 6.00. The quantitative estimate of drug-likeness (QED) is 0.710. The molecule has 0 saturated carbocycles. The summed E-state index contributed by atoms with van der Waals surface area (Å²) in [6.45, 7) is 4.41. The van der Waals surface area contributed by atoms with Gasteiger partial charge in [-0.25, -0.2) is 4.98 Å². The van der Waals surface area contributed by atoms with Gasteiger partial charge in [-0.15, -0.1) is 0 Å². The van der Waals surface area contributed by atoms with Gasteiger partial charge in [-0.05, 0) is 12.3 Å². The van der Waals surface area contributed by atoms with E-state index in [9.17, 15) is 4.79 Å². The Morgan fingerprint density at radius 3 is 2.77 bits per heavy atom. The molecule has 0 radical (unpaired) electrons. The second-order valence-corrected chi connectivity index (χ2v) is 3.49. The fourth-order valence-corrected chi connectivity index (χ4v) is 1.15. The van der Waals surface area contributed by atoms with Crippen LogP contribution in [0.3, 0.4) is 0 Å². The van der Waals surface area contributed by atoms with Crippen LogP contribution in [0.5, 0.6) is 0 Å². The minimum atomic E-state index is -0.0656. The second kappa shape index (κ2) is 4.18. The smallest absolute Gasteiger partial charge is 0.254 e. The molecule has 4 heteroatoms. The molecule has 0 spiro atoms. The van der Waals surface area contributed by atoms with Crippen molar-refractivity contribution in [3.8, 4) is 0 Å². The molecule has 0 aliphatic rings. The van der Waals surface area contributed by atoms with Crippen LogP contribution < -0.4 is 11.3 Å². The van der Waals surface area contributed by atoms with Crippen molar-refractivity contribution in [3.05, 3.63) is 27.9 Å². The van der Waals surface area contributed by atoms with E-state index in [2.05, 4.69) is 23.8 Å². The first-order chi connectivity index (χ1) is 6.13. The maximum atomic E-state index is 11.4. The molecule has 1 aromatic rings. The van der Waals surface area contributed by atoms with Crippen molar-refractivity contribution in [2.75, 3.05) is 0 Å². The van der Waals surface area contributed by atoms with Crippen LogP contribution in [0.2, 0.25) is 0 Å². The lowest BCUT2D eigenvalue weighted by Gasteiger charge is -2.03. The Kier molecular flexibility index (Phi) is 3.19. The van der Waals surface area contributed by atoms with Crippen LogP contribution in [0.25, 0.3) is 0 Å². The number of aromatic amines is 1. The third-order valence-electron chi connectivity index (χ3n) is 1.75. The molecule has 4 nitrogen and oxygen atoms in total. The number of nitrogens with zero attached hydrogens (tertiary/aromatic N) is 1. The molecule has 1 aromatic heterocycles. The van der Waals surface area contributed by atoms with Crippen LogP contribution in [0.1, 0.15) is 25.2 Å². The van der Waals surface area contributed by atoms with Gasteiger partial charge in [0, 0.05) is 11.8 Å². The Labute approximate surface area is 77.2 Å². The third kappa shape index (κ3) is 2.66. The molecule has 0 aliphatic carbocycles. The molecule has 1 rings (SSSR count). The highest BCUT2D eigenvalue weighted by Crippen LogP contribution is 2.01. The Morgan fingerprint density at radius 1 is 1.62 bits per heavy atom. The van der Waals surface area contributed by atoms with Crippen molar-refractivity contribution in [1.29, 1.82) is 0 Å². The summed E-state index contributed by atoms with van der Waals surface area (Å²) in [6, 6.07) is 0. The zero-order valence-corrected chi connectivity index (χ0v) is 8.00. The van der Waals surface area contributed by atoms with E-state index in [0.717, 1.165) is 12.0 Å². The van der Waals surface area contributed by atoms with Crippen molar-refractivity contribution >= 4 is 0 Å². The van der Waals surface area contributed by atoms with E-state index in [0.29, 0.717) is 11.7 Å². The lowest BCUT2D eigenvalue weighted by atomic mass is 10.1. The van der Waals surface area contributed by atoms with E-state index in [1.165, 1.54) is 0 Å². The molecule has 0 aliphatic heterocycles. The first-order valence-electron chi connectivity index (χ1n) is 4.40. The number of H-pyrrole nitrogens is 1. The molecule has 0 aromatic carbocycles. The summed E-state index contributed by atoms with van der Waals surface area (Å²) in [5, 5.41) is 0. The van der Waals surface area contributed by atoms with Crippen molar-refractivity contribution in [2.45, 2.75) is 26.8 Å². The molecule has 13 heavy (non-hydrogen) atoms. The largest absolute Gasteiger partial charge is 0.324 e. The van der Waals surface area contributed by atoms with Gasteiger partial charge >= 0.3 is 0 Å². The lowest BCUT2D eigenvalue weighted by Crippen LogP contribution is -2.19. The maximum Gasteiger partial charge on any atom is 0.254 e. The lowest BCUT2D eigenvalue weighted by molar-refractivity contribution is 0.637. The van der Waals surface area contributed by atoms with Crippen LogP contribution in [0, 0.1) is 5.92 Å². The van der Waals surface area contributed by atoms with Gasteiger partial charge in [0.2, 0.25) is 0 Å². The fourth-order valence-electron chi connectivity index (χ4n) is 1.15. The number of rotatable bonds is 3. The summed E-state index contributed by atoms with van der Waals surface area (Å²) in [4.78, 5) is 18.1. The summed E-state index contributed by atoms with van der Waals surface area (Å²) in [5.74, 6) is 1.00. The summed E-state index contributed by atoms with van der Waals surface area (Å²) < 4.78 is 0. The standard InChI is InChI=1S/C9H15N3O/c1-6(2)3-7-5-11-8(4-10)12-9(7)13/h5-6H,3-4,10H2,1-2H3,(H,11,12,13). The van der Waals surface area contributed by atoms with Gasteiger partial charge in [-0.2, -0.15) is 0 Å². The van der Waals surface area contributed by atoms with Crippen molar-refractivity contribution in [2.24, 2.45) is 11.7 Å². The molecule has 0 amide bonds. The molecule has 0 fully saturated rings. The molecule has 0 bridgehead atoms. The number of aromatic nitrogens is 2. The van der Waals surface area contributed by atoms with Crippen molar-refractivity contribution < 1.29 is 0 Å². The number of nitrogens with two attached hydrogens (primary N) is 1. The molecule has 0 unspecified atom stereocenters. The maximum absolute atomic E-state index is 11.4. The van der Waals surface area contributed by atoms with Gasteiger partial charge in [-0.1, -0.05) is 13.8 Å². The zero-order valence-electron chi connectivity index (χ0n) is 8.00. The molecule has 0 saturated heterocycles. The van der Waals surface area contributed by atoms with E-state index in [-0.39, 0.29) is 12.1 Å². The van der Waals surface area contributed by atoms with E-state index in [1.807, 2.05) is 0 Å². The fraction of sp³-hybridized carbons (Fsp3) is 0.556. The first kappa shape index (κ1) is 9.92. The topological polar surface area (TPSA) is 71.8 Å². The van der Waals surface area contributed by atoms with Crippen LogP contribution in [0.15, 0.2) is 11.0 Å². The minimum absolute atomic E-state index is 0.0656. The molecule has 72 valence electrons. The van der Waals surface area contributed by atoms with Gasteiger partial charge < -0.3 is 10.7 Å². The predicted molar refractivity (Wildman–Crippen MR) is 51.3 cm³/mol. The zero-order chi connectivity index (χ0) is 9.84. The molecule has 3 N–H and O–H groups in total. The van der Waals surface area contributed by atoms with Crippen LogP contribution in [0.4, 0.5) is 0 Å². The van der Waals surface area contributed by atoms with Crippen LogP contribution >= 0.6 is 0 Å². The van der Waals surface area contributed by atoms with Crippen molar-refractivity contribution in [3.63, 3.8) is 0 Å².